The van der Waals surface area contributed by atoms with E-state index in [0.717, 1.165) is 22.2 Å². The van der Waals surface area contributed by atoms with Crippen molar-refractivity contribution in [3.63, 3.8) is 0 Å². The normalized spacial score (nSPS) is 9.71. The van der Waals surface area contributed by atoms with Gasteiger partial charge in [-0.25, -0.2) is 0 Å². The maximum atomic E-state index is 9.21. The molecule has 3 nitrogen and oxygen atoms in total. The van der Waals surface area contributed by atoms with E-state index in [2.05, 4.69) is 6.07 Å². The molecule has 0 radical (unpaired) electrons. The number of nitrogens with zero attached hydrogens (tertiary/aromatic N) is 2. The van der Waals surface area contributed by atoms with Gasteiger partial charge in [-0.15, -0.1) is 0 Å². The number of hydrogen-bond donors (Lipinski definition) is 0. The third kappa shape index (κ3) is 2.74. The number of halogens is 1. The Labute approximate surface area is 133 Å². The molecule has 1 heterocycles. The molecule has 0 N–H and O–H groups in total. The van der Waals surface area contributed by atoms with Gasteiger partial charge in [-0.2, -0.15) is 9.83 Å². The lowest BCUT2D eigenvalue weighted by atomic mass is 10.1. The smallest absolute Gasteiger partial charge is 0.228 e. The van der Waals surface area contributed by atoms with Crippen molar-refractivity contribution in [3.8, 4) is 17.5 Å². The molecule has 3 aromatic rings. The average Bonchev–Trinajstić information content (AvgIpc) is 2.53. The van der Waals surface area contributed by atoms with Crippen LogP contribution in [0.2, 0.25) is 0 Å². The summed E-state index contributed by atoms with van der Waals surface area (Å²) in [5.41, 5.74) is 1.51. The summed E-state index contributed by atoms with van der Waals surface area (Å²) in [5, 5.41) is 11.3. The molecule has 0 bridgehead atoms. The first-order valence-corrected chi connectivity index (χ1v) is 6.31. The Morgan fingerprint density at radius 3 is 2.62 bits per heavy atom. The molecule has 4 heteroatoms. The van der Waals surface area contributed by atoms with E-state index < -0.39 is 0 Å². The highest BCUT2D eigenvalue weighted by Gasteiger charge is 2.13. The minimum absolute atomic E-state index is 0. The lowest BCUT2D eigenvalue weighted by molar-refractivity contribution is -0.594. The van der Waals surface area contributed by atoms with E-state index in [0.29, 0.717) is 5.56 Å². The lowest BCUT2D eigenvalue weighted by Gasteiger charge is -2.04. The summed E-state index contributed by atoms with van der Waals surface area (Å²) >= 11 is 0. The van der Waals surface area contributed by atoms with Crippen LogP contribution in [-0.2, 0) is 0 Å². The largest absolute Gasteiger partial charge is 1.00 e. The van der Waals surface area contributed by atoms with Crippen molar-refractivity contribution in [1.29, 1.82) is 5.26 Å². The molecule has 0 aliphatic rings. The maximum Gasteiger partial charge on any atom is 0.228 e. The van der Waals surface area contributed by atoms with Crippen LogP contribution in [0.25, 0.3) is 16.5 Å². The van der Waals surface area contributed by atoms with Crippen molar-refractivity contribution >= 4 is 10.8 Å². The van der Waals surface area contributed by atoms with Gasteiger partial charge in [0.1, 0.15) is 17.4 Å². The lowest BCUT2D eigenvalue weighted by Crippen LogP contribution is -3.00. The van der Waals surface area contributed by atoms with Crippen molar-refractivity contribution in [2.24, 2.45) is 0 Å². The molecule has 0 aliphatic carbocycles. The van der Waals surface area contributed by atoms with Gasteiger partial charge in [0.05, 0.1) is 12.5 Å². The van der Waals surface area contributed by atoms with Crippen LogP contribution in [-0.4, -0.2) is 7.11 Å². The Bertz CT molecular complexity index is 824. The number of ether oxygens (including phenoxy) is 1. The molecule has 104 valence electrons. The van der Waals surface area contributed by atoms with Crippen LogP contribution < -0.4 is 26.3 Å². The Kier molecular flexibility index (Phi) is 4.56. The number of methoxy groups -OCH3 is 1. The number of hydrogen-bond acceptors (Lipinski definition) is 2. The second-order valence-corrected chi connectivity index (χ2v) is 4.44. The number of pyridine rings is 1. The number of nitriles is 1. The Morgan fingerprint density at radius 2 is 1.86 bits per heavy atom. The third-order valence-electron chi connectivity index (χ3n) is 3.31. The monoisotopic (exact) mass is 340 g/mol. The number of fused-ring (bicyclic) bond motifs is 1. The Hall–Kier alpha value is -2.38. The summed E-state index contributed by atoms with van der Waals surface area (Å²) in [7, 11) is 1.66. The number of para-hydroxylation sites is 1. The molecule has 0 fully saturated rings. The zero-order chi connectivity index (χ0) is 13.9. The van der Waals surface area contributed by atoms with Crippen molar-refractivity contribution in [2.45, 2.75) is 0 Å². The predicted molar refractivity (Wildman–Crippen MR) is 76.7 cm³/mol. The minimum Gasteiger partial charge on any atom is -1.00 e. The molecule has 21 heavy (non-hydrogen) atoms. The first-order valence-electron chi connectivity index (χ1n) is 6.31. The van der Waals surface area contributed by atoms with E-state index in [1.807, 2.05) is 65.5 Å². The molecular weight excluding hydrogens is 328 g/mol. The van der Waals surface area contributed by atoms with Gasteiger partial charge >= 0.3 is 0 Å². The molecule has 1 aromatic heterocycles. The SMILES string of the molecule is COc1cccc2cc[n+](-c3ccccc3C#N)cc12.[Br-]. The maximum absolute atomic E-state index is 9.21. The first kappa shape index (κ1) is 15.0. The van der Waals surface area contributed by atoms with Crippen LogP contribution in [0.3, 0.4) is 0 Å². The van der Waals surface area contributed by atoms with Gasteiger partial charge in [0.2, 0.25) is 5.69 Å². The number of rotatable bonds is 2. The van der Waals surface area contributed by atoms with Crippen LogP contribution >= 0.6 is 0 Å². The molecule has 0 saturated carbocycles. The van der Waals surface area contributed by atoms with E-state index in [1.165, 1.54) is 0 Å². The van der Waals surface area contributed by atoms with E-state index >= 15 is 0 Å². The van der Waals surface area contributed by atoms with Gasteiger partial charge in [-0.1, -0.05) is 24.3 Å². The standard InChI is InChI=1S/C17H13N2O.BrH/c1-20-17-8-4-6-13-9-10-19(12-15(13)17)16-7-3-2-5-14(16)11-18;/h2-10,12H,1H3;1H/q+1;/p-1. The van der Waals surface area contributed by atoms with Gasteiger partial charge in [-0.3, -0.25) is 0 Å². The Morgan fingerprint density at radius 1 is 1.05 bits per heavy atom. The predicted octanol–water partition coefficient (Wildman–Crippen LogP) is 0.000780. The molecule has 0 aliphatic heterocycles. The Balaban J connectivity index is 0.00000161. The van der Waals surface area contributed by atoms with Crippen LogP contribution in [0.1, 0.15) is 5.56 Å². The molecule has 2 aromatic carbocycles. The summed E-state index contributed by atoms with van der Waals surface area (Å²) in [6.07, 6.45) is 3.95. The fourth-order valence-electron chi connectivity index (χ4n) is 2.31. The van der Waals surface area contributed by atoms with E-state index in [-0.39, 0.29) is 17.0 Å². The highest BCUT2D eigenvalue weighted by Crippen LogP contribution is 2.23. The van der Waals surface area contributed by atoms with Gasteiger partial charge in [-0.05, 0) is 17.5 Å². The van der Waals surface area contributed by atoms with Gasteiger partial charge in [0.25, 0.3) is 0 Å². The van der Waals surface area contributed by atoms with Gasteiger partial charge in [0, 0.05) is 12.1 Å². The quantitative estimate of drug-likeness (QED) is 0.616. The number of benzene rings is 2. The van der Waals surface area contributed by atoms with E-state index in [9.17, 15) is 5.26 Å². The van der Waals surface area contributed by atoms with Crippen molar-refractivity contribution in [3.05, 3.63) is 66.5 Å². The van der Waals surface area contributed by atoms with Gasteiger partial charge in [0.15, 0.2) is 12.4 Å². The molecule has 0 saturated heterocycles. The van der Waals surface area contributed by atoms with Crippen LogP contribution in [0, 0.1) is 11.3 Å². The molecule has 3 rings (SSSR count). The first-order chi connectivity index (χ1) is 9.83. The van der Waals surface area contributed by atoms with E-state index in [1.54, 1.807) is 7.11 Å². The second kappa shape index (κ2) is 6.38. The molecule has 0 amide bonds. The molecule has 0 unspecified atom stereocenters. The zero-order valence-corrected chi connectivity index (χ0v) is 13.0. The second-order valence-electron chi connectivity index (χ2n) is 4.44. The fraction of sp³-hybridized carbons (Fsp3) is 0.0588. The zero-order valence-electron chi connectivity index (χ0n) is 11.5. The summed E-state index contributed by atoms with van der Waals surface area (Å²) in [6, 6.07) is 17.7. The third-order valence-corrected chi connectivity index (χ3v) is 3.31. The van der Waals surface area contributed by atoms with Crippen molar-refractivity contribution < 1.29 is 26.3 Å². The van der Waals surface area contributed by atoms with Gasteiger partial charge < -0.3 is 21.7 Å². The van der Waals surface area contributed by atoms with Crippen molar-refractivity contribution in [1.82, 2.24) is 0 Å². The number of aromatic nitrogens is 1. The molecule has 0 atom stereocenters. The highest BCUT2D eigenvalue weighted by atomic mass is 79.9. The van der Waals surface area contributed by atoms with Crippen LogP contribution in [0.15, 0.2) is 60.9 Å². The van der Waals surface area contributed by atoms with Crippen LogP contribution in [0.5, 0.6) is 5.75 Å². The van der Waals surface area contributed by atoms with E-state index in [4.69, 9.17) is 4.74 Å². The summed E-state index contributed by atoms with van der Waals surface area (Å²) in [6.45, 7) is 0. The van der Waals surface area contributed by atoms with Crippen molar-refractivity contribution in [2.75, 3.05) is 7.11 Å². The van der Waals surface area contributed by atoms with Crippen LogP contribution in [0.4, 0.5) is 0 Å². The topological polar surface area (TPSA) is 36.9 Å². The summed E-state index contributed by atoms with van der Waals surface area (Å²) in [4.78, 5) is 0. The molecular formula is C17H13BrN2O. The average molecular weight is 341 g/mol. The summed E-state index contributed by atoms with van der Waals surface area (Å²) in [5.74, 6) is 0.825. The summed E-state index contributed by atoms with van der Waals surface area (Å²) < 4.78 is 7.34. The minimum atomic E-state index is 0. The fourth-order valence-corrected chi connectivity index (χ4v) is 2.31. The highest BCUT2D eigenvalue weighted by molar-refractivity contribution is 5.86. The molecule has 0 spiro atoms.